The third kappa shape index (κ3) is 5.47. The first-order valence-electron chi connectivity index (χ1n) is 7.96. The molecule has 2 aromatic rings. The Hall–Kier alpha value is -2.05. The highest BCUT2D eigenvalue weighted by atomic mass is 79.9. The molecule has 0 unspecified atom stereocenters. The summed E-state index contributed by atoms with van der Waals surface area (Å²) in [5, 5.41) is 12.3. The van der Waals surface area contributed by atoms with E-state index in [4.69, 9.17) is 14.6 Å². The van der Waals surface area contributed by atoms with E-state index in [1.807, 2.05) is 38.1 Å². The molecule has 134 valence electrons. The molecule has 0 bridgehead atoms. The molecule has 0 aliphatic carbocycles. The predicted molar refractivity (Wildman–Crippen MR) is 100 cm³/mol. The largest absolute Gasteiger partial charge is 0.493 e. The molecular weight excluding hydrogens is 386 g/mol. The standard InChI is InChI=1S/C19H22BrNO4/c1-12(2)25-18-15(8-16(20)9-17(18)24-3)11-21-10-13-4-6-14(7-5-13)19(22)23/h4-9,12,21H,10-11H2,1-3H3,(H,22,23). The summed E-state index contributed by atoms with van der Waals surface area (Å²) in [7, 11) is 1.62. The highest BCUT2D eigenvalue weighted by molar-refractivity contribution is 9.10. The van der Waals surface area contributed by atoms with Crippen LogP contribution in [0.3, 0.4) is 0 Å². The third-order valence-electron chi connectivity index (χ3n) is 3.52. The highest BCUT2D eigenvalue weighted by Gasteiger charge is 2.14. The fourth-order valence-corrected chi connectivity index (χ4v) is 2.87. The van der Waals surface area contributed by atoms with Gasteiger partial charge in [0, 0.05) is 23.1 Å². The van der Waals surface area contributed by atoms with Gasteiger partial charge in [-0.15, -0.1) is 0 Å². The molecule has 2 aromatic carbocycles. The summed E-state index contributed by atoms with van der Waals surface area (Å²) in [5.74, 6) is 0.497. The Morgan fingerprint density at radius 1 is 1.20 bits per heavy atom. The zero-order valence-electron chi connectivity index (χ0n) is 14.5. The topological polar surface area (TPSA) is 67.8 Å². The van der Waals surface area contributed by atoms with Crippen molar-refractivity contribution in [3.63, 3.8) is 0 Å². The van der Waals surface area contributed by atoms with E-state index in [1.54, 1.807) is 19.2 Å². The molecule has 0 saturated heterocycles. The summed E-state index contributed by atoms with van der Waals surface area (Å²) in [5.41, 5.74) is 2.29. The molecule has 0 saturated carbocycles. The molecule has 0 heterocycles. The monoisotopic (exact) mass is 407 g/mol. The minimum absolute atomic E-state index is 0.0392. The number of carbonyl (C=O) groups is 1. The second-order valence-corrected chi connectivity index (χ2v) is 6.78. The van der Waals surface area contributed by atoms with Crippen LogP contribution in [0.25, 0.3) is 0 Å². The number of benzene rings is 2. The molecule has 0 fully saturated rings. The van der Waals surface area contributed by atoms with Gasteiger partial charge in [-0.2, -0.15) is 0 Å². The van der Waals surface area contributed by atoms with E-state index < -0.39 is 5.97 Å². The van der Waals surface area contributed by atoms with Gasteiger partial charge in [0.25, 0.3) is 0 Å². The van der Waals surface area contributed by atoms with Crippen LogP contribution < -0.4 is 14.8 Å². The van der Waals surface area contributed by atoms with Crippen molar-refractivity contribution in [2.45, 2.75) is 33.0 Å². The SMILES string of the molecule is COc1cc(Br)cc(CNCc2ccc(C(=O)O)cc2)c1OC(C)C. The Balaban J connectivity index is 2.08. The summed E-state index contributed by atoms with van der Waals surface area (Å²) in [4.78, 5) is 10.9. The van der Waals surface area contributed by atoms with Gasteiger partial charge in [-0.05, 0) is 43.7 Å². The van der Waals surface area contributed by atoms with Crippen LogP contribution in [0.4, 0.5) is 0 Å². The van der Waals surface area contributed by atoms with Gasteiger partial charge in [-0.25, -0.2) is 4.79 Å². The van der Waals surface area contributed by atoms with E-state index >= 15 is 0 Å². The molecule has 5 nitrogen and oxygen atoms in total. The number of rotatable bonds is 8. The predicted octanol–water partition coefficient (Wildman–Crippen LogP) is 4.23. The highest BCUT2D eigenvalue weighted by Crippen LogP contribution is 2.35. The van der Waals surface area contributed by atoms with Crippen LogP contribution in [-0.4, -0.2) is 24.3 Å². The van der Waals surface area contributed by atoms with Crippen molar-refractivity contribution in [3.8, 4) is 11.5 Å². The van der Waals surface area contributed by atoms with Gasteiger partial charge in [0.1, 0.15) is 0 Å². The van der Waals surface area contributed by atoms with Gasteiger partial charge in [0.05, 0.1) is 18.8 Å². The van der Waals surface area contributed by atoms with E-state index in [0.29, 0.717) is 18.8 Å². The summed E-state index contributed by atoms with van der Waals surface area (Å²) in [6.45, 7) is 5.17. The van der Waals surface area contributed by atoms with Crippen LogP contribution >= 0.6 is 15.9 Å². The first-order chi connectivity index (χ1) is 11.9. The van der Waals surface area contributed by atoms with Crippen molar-refractivity contribution >= 4 is 21.9 Å². The maximum Gasteiger partial charge on any atom is 0.335 e. The number of hydrogen-bond acceptors (Lipinski definition) is 4. The van der Waals surface area contributed by atoms with E-state index in [-0.39, 0.29) is 11.7 Å². The number of hydrogen-bond donors (Lipinski definition) is 2. The Morgan fingerprint density at radius 3 is 2.44 bits per heavy atom. The maximum absolute atomic E-state index is 10.9. The average Bonchev–Trinajstić information content (AvgIpc) is 2.57. The second-order valence-electron chi connectivity index (χ2n) is 5.87. The van der Waals surface area contributed by atoms with Crippen LogP contribution in [0.15, 0.2) is 40.9 Å². The molecule has 2 N–H and O–H groups in total. The van der Waals surface area contributed by atoms with Gasteiger partial charge in [0.15, 0.2) is 11.5 Å². The number of methoxy groups -OCH3 is 1. The number of ether oxygens (including phenoxy) is 2. The zero-order chi connectivity index (χ0) is 18.4. The Kier molecular flexibility index (Phi) is 6.84. The summed E-state index contributed by atoms with van der Waals surface area (Å²) >= 11 is 3.49. The molecule has 0 amide bonds. The Bertz CT molecular complexity index is 729. The minimum atomic E-state index is -0.920. The molecule has 0 aliphatic heterocycles. The van der Waals surface area contributed by atoms with Gasteiger partial charge in [0.2, 0.25) is 0 Å². The number of carboxylic acids is 1. The van der Waals surface area contributed by atoms with Gasteiger partial charge < -0.3 is 19.9 Å². The van der Waals surface area contributed by atoms with Crippen LogP contribution in [0.1, 0.15) is 35.3 Å². The van der Waals surface area contributed by atoms with Crippen LogP contribution in [0.5, 0.6) is 11.5 Å². The van der Waals surface area contributed by atoms with E-state index in [9.17, 15) is 4.79 Å². The molecule has 25 heavy (non-hydrogen) atoms. The minimum Gasteiger partial charge on any atom is -0.493 e. The summed E-state index contributed by atoms with van der Waals surface area (Å²) in [6.07, 6.45) is 0.0392. The number of aromatic carboxylic acids is 1. The fourth-order valence-electron chi connectivity index (χ4n) is 2.38. The summed E-state index contributed by atoms with van der Waals surface area (Å²) < 4.78 is 12.3. The van der Waals surface area contributed by atoms with Crippen LogP contribution in [-0.2, 0) is 13.1 Å². The lowest BCUT2D eigenvalue weighted by Crippen LogP contribution is -2.16. The van der Waals surface area contributed by atoms with Crippen molar-refractivity contribution in [3.05, 3.63) is 57.6 Å². The molecule has 0 atom stereocenters. The van der Waals surface area contributed by atoms with Crippen molar-refractivity contribution < 1.29 is 19.4 Å². The molecule has 0 spiro atoms. The lowest BCUT2D eigenvalue weighted by Gasteiger charge is -2.18. The molecule has 6 heteroatoms. The van der Waals surface area contributed by atoms with Crippen molar-refractivity contribution in [2.75, 3.05) is 7.11 Å². The lowest BCUT2D eigenvalue weighted by molar-refractivity contribution is 0.0697. The molecule has 2 rings (SSSR count). The molecule has 0 aromatic heterocycles. The Morgan fingerprint density at radius 2 is 1.88 bits per heavy atom. The average molecular weight is 408 g/mol. The summed E-state index contributed by atoms with van der Waals surface area (Å²) in [6, 6.07) is 10.7. The Labute approximate surface area is 156 Å². The number of halogens is 1. The molecular formula is C19H22BrNO4. The molecule has 0 aliphatic rings. The fraction of sp³-hybridized carbons (Fsp3) is 0.316. The first kappa shape index (κ1) is 19.3. The molecule has 0 radical (unpaired) electrons. The van der Waals surface area contributed by atoms with E-state index in [0.717, 1.165) is 21.3 Å². The van der Waals surface area contributed by atoms with Crippen molar-refractivity contribution in [2.24, 2.45) is 0 Å². The first-order valence-corrected chi connectivity index (χ1v) is 8.76. The van der Waals surface area contributed by atoms with Gasteiger partial charge in [-0.1, -0.05) is 28.1 Å². The second kappa shape index (κ2) is 8.87. The quantitative estimate of drug-likeness (QED) is 0.684. The van der Waals surface area contributed by atoms with E-state index in [1.165, 1.54) is 0 Å². The number of carboxylic acid groups (broad SMARTS) is 1. The zero-order valence-corrected chi connectivity index (χ0v) is 16.1. The lowest BCUT2D eigenvalue weighted by atomic mass is 10.1. The number of nitrogens with one attached hydrogen (secondary N) is 1. The van der Waals surface area contributed by atoms with Gasteiger partial charge in [-0.3, -0.25) is 0 Å². The van der Waals surface area contributed by atoms with Crippen molar-refractivity contribution in [1.29, 1.82) is 0 Å². The third-order valence-corrected chi connectivity index (χ3v) is 3.97. The van der Waals surface area contributed by atoms with Crippen LogP contribution in [0, 0.1) is 0 Å². The van der Waals surface area contributed by atoms with Gasteiger partial charge >= 0.3 is 5.97 Å². The van der Waals surface area contributed by atoms with Crippen molar-refractivity contribution in [1.82, 2.24) is 5.32 Å². The van der Waals surface area contributed by atoms with Crippen LogP contribution in [0.2, 0.25) is 0 Å². The smallest absolute Gasteiger partial charge is 0.335 e. The van der Waals surface area contributed by atoms with E-state index in [2.05, 4.69) is 21.2 Å². The normalized spacial score (nSPS) is 10.8. The maximum atomic E-state index is 10.9.